The summed E-state index contributed by atoms with van der Waals surface area (Å²) in [5, 5.41) is 28.4. The first-order valence-corrected chi connectivity index (χ1v) is 9.23. The number of aliphatic hydroxyl groups excluding tert-OH is 2. The minimum Gasteiger partial charge on any atom is -0.387 e. The molecule has 0 aromatic carbocycles. The van der Waals surface area contributed by atoms with Crippen LogP contribution < -0.4 is 5.73 Å². The second kappa shape index (κ2) is 8.17. The highest BCUT2D eigenvalue weighted by Crippen LogP contribution is 2.32. The third-order valence-corrected chi connectivity index (χ3v) is 5.07. The summed E-state index contributed by atoms with van der Waals surface area (Å²) in [4.78, 5) is 17.3. The number of nitrogens with two attached hydrogens (primary N) is 1. The van der Waals surface area contributed by atoms with Crippen molar-refractivity contribution < 1.29 is 19.8 Å². The van der Waals surface area contributed by atoms with Crippen molar-refractivity contribution in [2.45, 2.75) is 43.8 Å². The molecule has 1 saturated heterocycles. The van der Waals surface area contributed by atoms with E-state index < -0.39 is 24.5 Å². The smallest absolute Gasteiger partial charge is 0.167 e. The van der Waals surface area contributed by atoms with Gasteiger partial charge in [0.15, 0.2) is 17.7 Å². The van der Waals surface area contributed by atoms with Gasteiger partial charge < -0.3 is 25.5 Å². The molecule has 11 heteroatoms. The topological polar surface area (TPSA) is 153 Å². The Kier molecular flexibility index (Phi) is 5.46. The molecule has 1 unspecified atom stereocenters. The third-order valence-electron chi connectivity index (χ3n) is 5.07. The van der Waals surface area contributed by atoms with Gasteiger partial charge in [-0.1, -0.05) is 12.2 Å². The lowest BCUT2D eigenvalue weighted by atomic mass is 9.95. The maximum atomic E-state index is 10.4. The van der Waals surface area contributed by atoms with Crippen LogP contribution in [0, 0.1) is 5.92 Å². The Morgan fingerprint density at radius 3 is 2.96 bits per heavy atom. The number of nitrogens with zero attached hydrogens (tertiary/aromatic N) is 6. The Morgan fingerprint density at radius 2 is 2.14 bits per heavy atom. The van der Waals surface area contributed by atoms with Crippen molar-refractivity contribution in [1.29, 1.82) is 0 Å². The van der Waals surface area contributed by atoms with E-state index in [0.717, 1.165) is 19.3 Å². The number of ether oxygens (including phenoxy) is 1. The summed E-state index contributed by atoms with van der Waals surface area (Å²) in [6.45, 7) is 0.568. The first kappa shape index (κ1) is 18.7. The summed E-state index contributed by atoms with van der Waals surface area (Å²) in [6, 6.07) is 0. The van der Waals surface area contributed by atoms with Crippen LogP contribution in [0.3, 0.4) is 0 Å². The average Bonchev–Trinajstić information content (AvgIpc) is 3.26. The molecule has 2 aromatic rings. The Morgan fingerprint density at radius 1 is 1.25 bits per heavy atom. The van der Waals surface area contributed by atoms with E-state index in [9.17, 15) is 10.2 Å². The van der Waals surface area contributed by atoms with Crippen LogP contribution in [0.25, 0.3) is 11.2 Å². The van der Waals surface area contributed by atoms with Crippen molar-refractivity contribution in [2.24, 2.45) is 16.3 Å². The van der Waals surface area contributed by atoms with Crippen molar-refractivity contribution in [2.75, 3.05) is 18.9 Å². The number of fused-ring (bicyclic) bond motifs is 1. The summed E-state index contributed by atoms with van der Waals surface area (Å²) >= 11 is 0. The van der Waals surface area contributed by atoms with Gasteiger partial charge in [0.05, 0.1) is 12.9 Å². The zero-order valence-corrected chi connectivity index (χ0v) is 15.2. The molecule has 28 heavy (non-hydrogen) atoms. The minimum atomic E-state index is -1.19. The lowest BCUT2D eigenvalue weighted by Crippen LogP contribution is -2.33. The predicted molar refractivity (Wildman–Crippen MR) is 97.8 cm³/mol. The van der Waals surface area contributed by atoms with Crippen LogP contribution in [0.15, 0.2) is 35.2 Å². The highest BCUT2D eigenvalue weighted by atomic mass is 16.7. The van der Waals surface area contributed by atoms with E-state index in [1.807, 2.05) is 0 Å². The Hall–Kier alpha value is -2.63. The highest BCUT2D eigenvalue weighted by Gasteiger charge is 2.44. The maximum Gasteiger partial charge on any atom is 0.167 e. The monoisotopic (exact) mass is 389 g/mol. The van der Waals surface area contributed by atoms with E-state index in [1.165, 1.54) is 17.2 Å². The summed E-state index contributed by atoms with van der Waals surface area (Å²) in [5.41, 5.74) is 6.59. The number of rotatable bonds is 6. The van der Waals surface area contributed by atoms with Gasteiger partial charge in [-0.3, -0.25) is 4.57 Å². The molecule has 0 amide bonds. The molecule has 0 spiro atoms. The van der Waals surface area contributed by atoms with Crippen LogP contribution >= 0.6 is 0 Å². The van der Waals surface area contributed by atoms with Crippen molar-refractivity contribution in [1.82, 2.24) is 19.5 Å². The van der Waals surface area contributed by atoms with Gasteiger partial charge in [-0.15, -0.1) is 0 Å². The third kappa shape index (κ3) is 3.68. The molecule has 4 N–H and O–H groups in total. The summed E-state index contributed by atoms with van der Waals surface area (Å²) in [7, 11) is 0. The van der Waals surface area contributed by atoms with E-state index in [1.54, 1.807) is 0 Å². The lowest BCUT2D eigenvalue weighted by Gasteiger charge is -2.16. The van der Waals surface area contributed by atoms with Crippen LogP contribution in [0.4, 0.5) is 5.82 Å². The maximum absolute atomic E-state index is 10.4. The molecule has 2 aromatic heterocycles. The van der Waals surface area contributed by atoms with E-state index in [0.29, 0.717) is 23.6 Å². The standard InChI is InChI=1S/C17H23N7O4/c18-15-12-16(20-8-19-15)24(9-21-12)17-14(26)13(25)11(28-17)7-27-23-22-6-10-4-2-1-3-5-10/h1-2,8-11,13-14,17,25-26H,3-7H2,(H2,18,19,20)/t10?,11-,13-,14-,17-/m1/s1. The number of imidazole rings is 1. The zero-order valence-electron chi connectivity index (χ0n) is 15.2. The fourth-order valence-electron chi connectivity index (χ4n) is 3.47. The summed E-state index contributed by atoms with van der Waals surface area (Å²) < 4.78 is 7.27. The second-order valence-electron chi connectivity index (χ2n) is 6.98. The Balaban J connectivity index is 1.35. The van der Waals surface area contributed by atoms with Gasteiger partial charge in [0.1, 0.15) is 36.8 Å². The fourth-order valence-corrected chi connectivity index (χ4v) is 3.47. The van der Waals surface area contributed by atoms with Crippen LogP contribution in [0.1, 0.15) is 25.5 Å². The van der Waals surface area contributed by atoms with Crippen LogP contribution in [-0.4, -0.2) is 61.2 Å². The molecule has 2 aliphatic rings. The van der Waals surface area contributed by atoms with Gasteiger partial charge in [0, 0.05) is 5.28 Å². The Labute approximate surface area is 160 Å². The average molecular weight is 389 g/mol. The largest absolute Gasteiger partial charge is 0.387 e. The van der Waals surface area contributed by atoms with Gasteiger partial charge in [0.25, 0.3) is 0 Å². The number of aliphatic hydroxyl groups is 2. The quantitative estimate of drug-likeness (QED) is 0.372. The van der Waals surface area contributed by atoms with Gasteiger partial charge >= 0.3 is 0 Å². The number of nitrogen functional groups attached to an aromatic ring is 1. The first-order valence-electron chi connectivity index (χ1n) is 9.23. The van der Waals surface area contributed by atoms with Crippen molar-refractivity contribution >= 4 is 17.0 Å². The molecular weight excluding hydrogens is 366 g/mol. The number of anilines is 1. The molecular formula is C17H23N7O4. The van der Waals surface area contributed by atoms with E-state index in [4.69, 9.17) is 15.3 Å². The number of aromatic nitrogens is 4. The van der Waals surface area contributed by atoms with E-state index in [2.05, 4.69) is 37.5 Å². The summed E-state index contributed by atoms with van der Waals surface area (Å²) in [6.07, 6.45) is 6.26. The molecule has 0 bridgehead atoms. The van der Waals surface area contributed by atoms with Crippen molar-refractivity contribution in [3.05, 3.63) is 24.8 Å². The van der Waals surface area contributed by atoms with Gasteiger partial charge in [-0.2, -0.15) is 5.11 Å². The van der Waals surface area contributed by atoms with E-state index in [-0.39, 0.29) is 12.4 Å². The van der Waals surface area contributed by atoms with Gasteiger partial charge in [-0.25, -0.2) is 15.0 Å². The molecule has 1 aliphatic carbocycles. The van der Waals surface area contributed by atoms with Gasteiger partial charge in [-0.05, 0) is 25.2 Å². The normalized spacial score (nSPS) is 30.4. The zero-order chi connectivity index (χ0) is 19.5. The Bertz CT molecular complexity index is 870. The molecule has 150 valence electrons. The molecule has 5 atom stereocenters. The molecule has 11 nitrogen and oxygen atoms in total. The molecule has 1 fully saturated rings. The number of hydrogen-bond donors (Lipinski definition) is 3. The van der Waals surface area contributed by atoms with E-state index >= 15 is 0 Å². The SMILES string of the molecule is Nc1ncnc2c1ncn2[C@@H]1O[C@H](CON=NCC2CC=CCC2)[C@@H](O)[C@H]1O. The highest BCUT2D eigenvalue weighted by molar-refractivity contribution is 5.81. The fraction of sp³-hybridized carbons (Fsp3) is 0.588. The molecule has 0 radical (unpaired) electrons. The number of hydrogen-bond acceptors (Lipinski definition) is 10. The lowest BCUT2D eigenvalue weighted by molar-refractivity contribution is -0.0679. The molecule has 0 saturated carbocycles. The predicted octanol–water partition coefficient (Wildman–Crippen LogP) is 0.768. The van der Waals surface area contributed by atoms with Gasteiger partial charge in [0.2, 0.25) is 0 Å². The van der Waals surface area contributed by atoms with Crippen molar-refractivity contribution in [3.8, 4) is 0 Å². The first-order chi connectivity index (χ1) is 13.6. The van der Waals surface area contributed by atoms with Crippen LogP contribution in [-0.2, 0) is 9.57 Å². The van der Waals surface area contributed by atoms with Crippen molar-refractivity contribution in [3.63, 3.8) is 0 Å². The van der Waals surface area contributed by atoms with Crippen LogP contribution in [0.5, 0.6) is 0 Å². The second-order valence-corrected chi connectivity index (χ2v) is 6.98. The molecule has 3 heterocycles. The van der Waals surface area contributed by atoms with Crippen LogP contribution in [0.2, 0.25) is 0 Å². The molecule has 1 aliphatic heterocycles. The number of allylic oxidation sites excluding steroid dienone is 2. The molecule has 4 rings (SSSR count). The minimum absolute atomic E-state index is 0.0352. The summed E-state index contributed by atoms with van der Waals surface area (Å²) in [5.74, 6) is 0.714.